The second kappa shape index (κ2) is 7.90. The topological polar surface area (TPSA) is 36.0 Å². The number of rotatable bonds is 4. The summed E-state index contributed by atoms with van der Waals surface area (Å²) < 4.78 is 5.31. The fraction of sp³-hybridized carbons (Fsp3) is 0.611. The Hall–Kier alpha value is -1.43. The van der Waals surface area contributed by atoms with Gasteiger partial charge in [-0.05, 0) is 18.1 Å². The van der Waals surface area contributed by atoms with E-state index in [4.69, 9.17) is 4.74 Å². The third-order valence-electron chi connectivity index (χ3n) is 4.84. The lowest BCUT2D eigenvalue weighted by Gasteiger charge is -2.36. The van der Waals surface area contributed by atoms with Crippen LogP contribution in [0.4, 0.5) is 0 Å². The number of morpholine rings is 1. The molecule has 0 atom stereocenters. The van der Waals surface area contributed by atoms with E-state index in [1.165, 1.54) is 11.1 Å². The third kappa shape index (κ3) is 4.53. The van der Waals surface area contributed by atoms with E-state index < -0.39 is 0 Å². The highest BCUT2D eigenvalue weighted by Crippen LogP contribution is 2.12. The molecule has 2 heterocycles. The minimum absolute atomic E-state index is 0.251. The number of piperazine rings is 1. The van der Waals surface area contributed by atoms with E-state index in [1.807, 2.05) is 4.90 Å². The van der Waals surface area contributed by atoms with Crippen LogP contribution in [0, 0.1) is 6.92 Å². The summed E-state index contributed by atoms with van der Waals surface area (Å²) in [7, 11) is 0. The second-order valence-corrected chi connectivity index (χ2v) is 6.47. The monoisotopic (exact) mass is 317 g/mol. The largest absolute Gasteiger partial charge is 0.378 e. The molecular weight excluding hydrogens is 290 g/mol. The molecule has 0 radical (unpaired) electrons. The van der Waals surface area contributed by atoms with Crippen LogP contribution in [0.5, 0.6) is 0 Å². The van der Waals surface area contributed by atoms with Gasteiger partial charge >= 0.3 is 0 Å². The number of benzene rings is 1. The zero-order valence-corrected chi connectivity index (χ0v) is 14.0. The van der Waals surface area contributed by atoms with Gasteiger partial charge in [0.1, 0.15) is 0 Å². The molecule has 2 saturated heterocycles. The predicted molar refractivity (Wildman–Crippen MR) is 90.3 cm³/mol. The van der Waals surface area contributed by atoms with Crippen molar-refractivity contribution in [2.45, 2.75) is 13.5 Å². The first-order valence-electron chi connectivity index (χ1n) is 8.57. The van der Waals surface area contributed by atoms with E-state index in [2.05, 4.69) is 41.0 Å². The van der Waals surface area contributed by atoms with Gasteiger partial charge in [-0.1, -0.05) is 24.3 Å². The average Bonchev–Trinajstić information content (AvgIpc) is 2.59. The Morgan fingerprint density at radius 1 is 1.00 bits per heavy atom. The zero-order valence-electron chi connectivity index (χ0n) is 14.0. The van der Waals surface area contributed by atoms with E-state index >= 15 is 0 Å². The van der Waals surface area contributed by atoms with Crippen LogP contribution >= 0.6 is 0 Å². The van der Waals surface area contributed by atoms with E-state index in [1.54, 1.807) is 0 Å². The van der Waals surface area contributed by atoms with Crippen molar-refractivity contribution in [3.8, 4) is 0 Å². The van der Waals surface area contributed by atoms with Crippen LogP contribution in [0.2, 0.25) is 0 Å². The molecule has 5 heteroatoms. The summed E-state index contributed by atoms with van der Waals surface area (Å²) in [6, 6.07) is 8.59. The van der Waals surface area contributed by atoms with Crippen molar-refractivity contribution in [3.63, 3.8) is 0 Å². The van der Waals surface area contributed by atoms with Gasteiger partial charge in [-0.15, -0.1) is 0 Å². The highest BCUT2D eigenvalue weighted by molar-refractivity contribution is 5.78. The lowest BCUT2D eigenvalue weighted by Crippen LogP contribution is -2.51. The third-order valence-corrected chi connectivity index (χ3v) is 4.84. The minimum Gasteiger partial charge on any atom is -0.378 e. The maximum absolute atomic E-state index is 12.3. The molecule has 0 spiro atoms. The molecule has 126 valence electrons. The van der Waals surface area contributed by atoms with Crippen LogP contribution in [0.1, 0.15) is 11.1 Å². The van der Waals surface area contributed by atoms with Crippen molar-refractivity contribution in [3.05, 3.63) is 35.4 Å². The number of aryl methyl sites for hydroxylation is 1. The average molecular weight is 317 g/mol. The number of carbonyl (C=O) groups excluding carboxylic acids is 1. The molecule has 0 bridgehead atoms. The molecule has 0 aromatic heterocycles. The van der Waals surface area contributed by atoms with Crippen LogP contribution in [-0.4, -0.2) is 79.6 Å². The first-order chi connectivity index (χ1) is 11.2. The fourth-order valence-corrected chi connectivity index (χ4v) is 3.24. The molecule has 5 nitrogen and oxygen atoms in total. The Kier molecular flexibility index (Phi) is 5.65. The van der Waals surface area contributed by atoms with Crippen molar-refractivity contribution < 1.29 is 9.53 Å². The van der Waals surface area contributed by atoms with Crippen molar-refractivity contribution in [1.82, 2.24) is 14.7 Å². The number of hydrogen-bond acceptors (Lipinski definition) is 4. The van der Waals surface area contributed by atoms with Gasteiger partial charge in [0.2, 0.25) is 5.91 Å². The second-order valence-electron chi connectivity index (χ2n) is 6.47. The van der Waals surface area contributed by atoms with E-state index in [-0.39, 0.29) is 5.91 Å². The summed E-state index contributed by atoms with van der Waals surface area (Å²) in [6.45, 7) is 10.6. The highest BCUT2D eigenvalue weighted by atomic mass is 16.5. The van der Waals surface area contributed by atoms with E-state index in [0.717, 1.165) is 45.8 Å². The number of amides is 1. The molecule has 0 unspecified atom stereocenters. The Balaban J connectivity index is 1.43. The lowest BCUT2D eigenvalue weighted by molar-refractivity contribution is -0.136. The summed E-state index contributed by atoms with van der Waals surface area (Å²) in [5, 5.41) is 0. The summed E-state index contributed by atoms with van der Waals surface area (Å²) >= 11 is 0. The maximum Gasteiger partial charge on any atom is 0.236 e. The molecule has 2 fully saturated rings. The van der Waals surface area contributed by atoms with Crippen LogP contribution in [0.3, 0.4) is 0 Å². The molecule has 2 aliphatic rings. The fourth-order valence-electron chi connectivity index (χ4n) is 3.24. The van der Waals surface area contributed by atoms with Crippen LogP contribution in [-0.2, 0) is 16.1 Å². The predicted octanol–water partition coefficient (Wildman–Crippen LogP) is 0.971. The van der Waals surface area contributed by atoms with Gasteiger partial charge in [0.15, 0.2) is 0 Å². The van der Waals surface area contributed by atoms with Gasteiger partial charge < -0.3 is 9.64 Å². The van der Waals surface area contributed by atoms with Crippen molar-refractivity contribution >= 4 is 5.91 Å². The molecule has 0 saturated carbocycles. The van der Waals surface area contributed by atoms with Gasteiger partial charge in [0.05, 0.1) is 19.8 Å². The Bertz CT molecular complexity index is 521. The zero-order chi connectivity index (χ0) is 16.1. The quantitative estimate of drug-likeness (QED) is 0.829. The molecule has 1 amide bonds. The first kappa shape index (κ1) is 16.4. The summed E-state index contributed by atoms with van der Waals surface area (Å²) in [4.78, 5) is 19.0. The number of carbonyl (C=O) groups is 1. The molecule has 0 aliphatic carbocycles. The number of ether oxygens (including phenoxy) is 1. The van der Waals surface area contributed by atoms with Crippen LogP contribution in [0.15, 0.2) is 24.3 Å². The Morgan fingerprint density at radius 2 is 1.65 bits per heavy atom. The van der Waals surface area contributed by atoms with Gasteiger partial charge in [-0.3, -0.25) is 14.6 Å². The van der Waals surface area contributed by atoms with Gasteiger partial charge in [-0.2, -0.15) is 0 Å². The lowest BCUT2D eigenvalue weighted by atomic mass is 10.1. The number of nitrogens with zero attached hydrogens (tertiary/aromatic N) is 3. The van der Waals surface area contributed by atoms with Crippen LogP contribution < -0.4 is 0 Å². The van der Waals surface area contributed by atoms with Gasteiger partial charge in [0.25, 0.3) is 0 Å². The van der Waals surface area contributed by atoms with E-state index in [0.29, 0.717) is 19.8 Å². The molecule has 1 aromatic rings. The highest BCUT2D eigenvalue weighted by Gasteiger charge is 2.23. The summed E-state index contributed by atoms with van der Waals surface area (Å²) in [5.74, 6) is 0.251. The Labute approximate surface area is 138 Å². The van der Waals surface area contributed by atoms with E-state index in [9.17, 15) is 4.79 Å². The molecule has 23 heavy (non-hydrogen) atoms. The standard InChI is InChI=1S/C18H27N3O2/c1-16-4-2-3-5-17(16)14-19-6-8-20(9-7-19)15-18(22)21-10-12-23-13-11-21/h2-5H,6-15H2,1H3. The first-order valence-corrected chi connectivity index (χ1v) is 8.57. The normalized spacial score (nSPS) is 20.7. The molecule has 2 aliphatic heterocycles. The van der Waals surface area contributed by atoms with Crippen molar-refractivity contribution in [2.24, 2.45) is 0 Å². The smallest absolute Gasteiger partial charge is 0.236 e. The minimum atomic E-state index is 0.251. The van der Waals surface area contributed by atoms with Crippen molar-refractivity contribution in [2.75, 3.05) is 59.0 Å². The van der Waals surface area contributed by atoms with Crippen LogP contribution in [0.25, 0.3) is 0 Å². The maximum atomic E-state index is 12.3. The summed E-state index contributed by atoms with van der Waals surface area (Å²) in [5.41, 5.74) is 2.77. The Morgan fingerprint density at radius 3 is 2.35 bits per heavy atom. The SMILES string of the molecule is Cc1ccccc1CN1CCN(CC(=O)N2CCOCC2)CC1. The molecule has 0 N–H and O–H groups in total. The molecular formula is C18H27N3O2. The van der Waals surface area contributed by atoms with Gasteiger partial charge in [-0.25, -0.2) is 0 Å². The summed E-state index contributed by atoms with van der Waals surface area (Å²) in [6.07, 6.45) is 0. The number of hydrogen-bond donors (Lipinski definition) is 0. The van der Waals surface area contributed by atoms with Crippen molar-refractivity contribution in [1.29, 1.82) is 0 Å². The molecule has 3 rings (SSSR count). The van der Waals surface area contributed by atoms with Gasteiger partial charge in [0, 0.05) is 45.8 Å². The molecule has 1 aromatic carbocycles.